The topological polar surface area (TPSA) is 3.24 Å². The lowest BCUT2D eigenvalue weighted by atomic mass is 9.82. The third kappa shape index (κ3) is 2.46. The molecule has 0 N–H and O–H groups in total. The van der Waals surface area contributed by atoms with Crippen LogP contribution in [0.15, 0.2) is 30.8 Å². The third-order valence-electron chi connectivity index (χ3n) is 3.61. The molecule has 0 bridgehead atoms. The van der Waals surface area contributed by atoms with Crippen LogP contribution in [0.25, 0.3) is 6.08 Å². The fraction of sp³-hybridized carbons (Fsp3) is 0.467. The molecule has 1 aliphatic heterocycles. The number of benzene rings is 1. The zero-order valence-electron chi connectivity index (χ0n) is 10.4. The summed E-state index contributed by atoms with van der Waals surface area (Å²) in [5, 5.41) is 0. The average Bonchev–Trinajstić information content (AvgIpc) is 2.29. The van der Waals surface area contributed by atoms with Crippen molar-refractivity contribution >= 4 is 11.8 Å². The maximum Gasteiger partial charge on any atom is 0.0366 e. The molecule has 1 fully saturated rings. The molecule has 16 heavy (non-hydrogen) atoms. The first-order chi connectivity index (χ1) is 7.61. The Bertz CT molecular complexity index is 352. The summed E-state index contributed by atoms with van der Waals surface area (Å²) in [6, 6.07) is 8.69. The van der Waals surface area contributed by atoms with E-state index in [1.54, 1.807) is 0 Å². The van der Waals surface area contributed by atoms with Crippen molar-refractivity contribution in [2.24, 2.45) is 5.41 Å². The van der Waals surface area contributed by atoms with Gasteiger partial charge in [-0.05, 0) is 36.0 Å². The summed E-state index contributed by atoms with van der Waals surface area (Å²) < 4.78 is 0. The quantitative estimate of drug-likeness (QED) is 0.722. The van der Waals surface area contributed by atoms with Crippen molar-refractivity contribution in [3.63, 3.8) is 0 Å². The van der Waals surface area contributed by atoms with Gasteiger partial charge in [0.2, 0.25) is 0 Å². The van der Waals surface area contributed by atoms with Crippen LogP contribution in [0.1, 0.15) is 32.3 Å². The molecule has 0 radical (unpaired) electrons. The van der Waals surface area contributed by atoms with Crippen molar-refractivity contribution in [1.29, 1.82) is 0 Å². The van der Waals surface area contributed by atoms with E-state index in [2.05, 4.69) is 49.6 Å². The van der Waals surface area contributed by atoms with Crippen molar-refractivity contribution in [1.82, 2.24) is 0 Å². The zero-order chi connectivity index (χ0) is 11.6. The van der Waals surface area contributed by atoms with E-state index in [9.17, 15) is 0 Å². The second-order valence-corrected chi connectivity index (χ2v) is 5.45. The minimum absolute atomic E-state index is 0.525. The zero-order valence-corrected chi connectivity index (χ0v) is 10.4. The summed E-state index contributed by atoms with van der Waals surface area (Å²) in [7, 11) is 0. The summed E-state index contributed by atoms with van der Waals surface area (Å²) in [5.74, 6) is 0. The predicted molar refractivity (Wildman–Crippen MR) is 71.8 cm³/mol. The van der Waals surface area contributed by atoms with Gasteiger partial charge in [-0.25, -0.2) is 0 Å². The highest BCUT2D eigenvalue weighted by molar-refractivity contribution is 5.55. The van der Waals surface area contributed by atoms with Crippen LogP contribution in [-0.4, -0.2) is 13.1 Å². The summed E-state index contributed by atoms with van der Waals surface area (Å²) in [4.78, 5) is 2.48. The normalized spacial score (nSPS) is 19.5. The minimum Gasteiger partial charge on any atom is -0.371 e. The number of hydrogen-bond acceptors (Lipinski definition) is 1. The Labute approximate surface area is 98.8 Å². The molecule has 0 saturated carbocycles. The maximum atomic E-state index is 3.78. The van der Waals surface area contributed by atoms with Crippen LogP contribution in [-0.2, 0) is 0 Å². The van der Waals surface area contributed by atoms with Crippen LogP contribution >= 0.6 is 0 Å². The highest BCUT2D eigenvalue weighted by Gasteiger charge is 2.25. The lowest BCUT2D eigenvalue weighted by molar-refractivity contribution is 0.280. The molecule has 1 heteroatoms. The van der Waals surface area contributed by atoms with Crippen LogP contribution in [0, 0.1) is 5.41 Å². The average molecular weight is 215 g/mol. The van der Waals surface area contributed by atoms with E-state index in [-0.39, 0.29) is 0 Å². The Balaban J connectivity index is 2.05. The number of piperidine rings is 1. The Morgan fingerprint density at radius 3 is 2.19 bits per heavy atom. The maximum absolute atomic E-state index is 3.78. The van der Waals surface area contributed by atoms with Gasteiger partial charge in [0, 0.05) is 18.8 Å². The number of hydrogen-bond donors (Lipinski definition) is 0. The smallest absolute Gasteiger partial charge is 0.0366 e. The van der Waals surface area contributed by atoms with Crippen molar-refractivity contribution < 1.29 is 0 Å². The Hall–Kier alpha value is -1.24. The second kappa shape index (κ2) is 4.32. The number of nitrogens with zero attached hydrogens (tertiary/aromatic N) is 1. The molecule has 0 aromatic heterocycles. The molecule has 1 aromatic rings. The van der Waals surface area contributed by atoms with Crippen molar-refractivity contribution in [2.75, 3.05) is 18.0 Å². The van der Waals surface area contributed by atoms with Crippen LogP contribution in [0.2, 0.25) is 0 Å². The van der Waals surface area contributed by atoms with Gasteiger partial charge in [0.15, 0.2) is 0 Å². The van der Waals surface area contributed by atoms with E-state index in [0.29, 0.717) is 5.41 Å². The minimum atomic E-state index is 0.525. The monoisotopic (exact) mass is 215 g/mol. The molecular formula is C15H21N. The summed E-state index contributed by atoms with van der Waals surface area (Å²) in [5.41, 5.74) is 3.07. The van der Waals surface area contributed by atoms with E-state index >= 15 is 0 Å². The molecule has 0 spiro atoms. The van der Waals surface area contributed by atoms with Crippen LogP contribution in [0.4, 0.5) is 5.69 Å². The highest BCUT2D eigenvalue weighted by Crippen LogP contribution is 2.32. The number of anilines is 1. The van der Waals surface area contributed by atoms with E-state index in [4.69, 9.17) is 0 Å². The van der Waals surface area contributed by atoms with Gasteiger partial charge in [0.1, 0.15) is 0 Å². The molecule has 0 atom stereocenters. The first-order valence-electron chi connectivity index (χ1n) is 6.08. The van der Waals surface area contributed by atoms with Crippen molar-refractivity contribution in [2.45, 2.75) is 26.7 Å². The van der Waals surface area contributed by atoms with Gasteiger partial charge in [0.05, 0.1) is 0 Å². The SMILES string of the molecule is C=Cc1ccc(N2CCC(C)(C)CC2)cc1. The standard InChI is InChI=1S/C15H21N/c1-4-13-5-7-14(8-6-13)16-11-9-15(2,3)10-12-16/h4-8H,1,9-12H2,2-3H3. The molecular weight excluding hydrogens is 194 g/mol. The van der Waals surface area contributed by atoms with Crippen LogP contribution in [0.5, 0.6) is 0 Å². The van der Waals surface area contributed by atoms with Gasteiger partial charge >= 0.3 is 0 Å². The predicted octanol–water partition coefficient (Wildman–Crippen LogP) is 3.96. The van der Waals surface area contributed by atoms with Gasteiger partial charge in [-0.1, -0.05) is 38.6 Å². The molecule has 1 aromatic carbocycles. The molecule has 0 unspecified atom stereocenters. The third-order valence-corrected chi connectivity index (χ3v) is 3.61. The van der Waals surface area contributed by atoms with E-state index in [0.717, 1.165) is 0 Å². The molecule has 0 aliphatic carbocycles. The summed E-state index contributed by atoms with van der Waals surface area (Å²) >= 11 is 0. The molecule has 0 amide bonds. The van der Waals surface area contributed by atoms with E-state index in [1.165, 1.54) is 37.2 Å². The van der Waals surface area contributed by atoms with Gasteiger partial charge in [0.25, 0.3) is 0 Å². The van der Waals surface area contributed by atoms with Crippen molar-refractivity contribution in [3.05, 3.63) is 36.4 Å². The molecule has 1 heterocycles. The first-order valence-corrected chi connectivity index (χ1v) is 6.08. The van der Waals surface area contributed by atoms with Crippen molar-refractivity contribution in [3.8, 4) is 0 Å². The molecule has 1 aliphatic rings. The fourth-order valence-corrected chi connectivity index (χ4v) is 2.19. The van der Waals surface area contributed by atoms with Gasteiger partial charge in [-0.2, -0.15) is 0 Å². The highest BCUT2D eigenvalue weighted by atomic mass is 15.1. The molecule has 1 saturated heterocycles. The lowest BCUT2D eigenvalue weighted by Gasteiger charge is -2.38. The van der Waals surface area contributed by atoms with Crippen LogP contribution < -0.4 is 4.90 Å². The second-order valence-electron chi connectivity index (χ2n) is 5.45. The van der Waals surface area contributed by atoms with E-state index < -0.39 is 0 Å². The first kappa shape index (κ1) is 11.3. The summed E-state index contributed by atoms with van der Waals surface area (Å²) in [6.45, 7) is 10.9. The lowest BCUT2D eigenvalue weighted by Crippen LogP contribution is -2.37. The molecule has 1 nitrogen and oxygen atoms in total. The van der Waals surface area contributed by atoms with Crippen LogP contribution in [0.3, 0.4) is 0 Å². The Kier molecular flexibility index (Phi) is 3.04. The van der Waals surface area contributed by atoms with Gasteiger partial charge < -0.3 is 4.90 Å². The van der Waals surface area contributed by atoms with Gasteiger partial charge in [-0.3, -0.25) is 0 Å². The number of rotatable bonds is 2. The van der Waals surface area contributed by atoms with Gasteiger partial charge in [-0.15, -0.1) is 0 Å². The Morgan fingerprint density at radius 2 is 1.69 bits per heavy atom. The largest absolute Gasteiger partial charge is 0.371 e. The van der Waals surface area contributed by atoms with E-state index in [1.807, 2.05) is 6.08 Å². The fourth-order valence-electron chi connectivity index (χ4n) is 2.19. The summed E-state index contributed by atoms with van der Waals surface area (Å²) in [6.07, 6.45) is 4.47. The molecule has 2 rings (SSSR count). The molecule has 86 valence electrons. The Morgan fingerprint density at radius 1 is 1.12 bits per heavy atom.